The molecular weight excluding hydrogens is 574 g/mol. The lowest BCUT2D eigenvalue weighted by molar-refractivity contribution is -0.138. The molecule has 12 heteroatoms. The predicted molar refractivity (Wildman–Crippen MR) is 152 cm³/mol. The van der Waals surface area contributed by atoms with E-state index in [1.165, 1.54) is 69.4 Å². The van der Waals surface area contributed by atoms with Gasteiger partial charge in [-0.25, -0.2) is 9.36 Å². The highest BCUT2D eigenvalue weighted by atomic mass is 31.2. The van der Waals surface area contributed by atoms with Crippen LogP contribution in [-0.4, -0.2) is 29.3 Å². The molecule has 2 fully saturated rings. The smallest absolute Gasteiger partial charge is 0.472 e. The molecule has 0 heterocycles. The molecule has 42 heavy (non-hydrogen) atoms. The van der Waals surface area contributed by atoms with E-state index in [9.17, 15) is 27.4 Å². The number of hydrogen-bond donors (Lipinski definition) is 2. The number of rotatable bonds is 8. The van der Waals surface area contributed by atoms with Gasteiger partial charge >= 0.3 is 20.1 Å². The second-order valence-corrected chi connectivity index (χ2v) is 14.2. The van der Waals surface area contributed by atoms with Crippen molar-refractivity contribution >= 4 is 24.7 Å². The Morgan fingerprint density at radius 3 is 2.24 bits per heavy atom. The molecule has 0 radical (unpaired) electrons. The van der Waals surface area contributed by atoms with E-state index in [0.717, 1.165) is 25.7 Å². The van der Waals surface area contributed by atoms with Crippen LogP contribution in [0, 0.1) is 5.41 Å². The Morgan fingerprint density at radius 2 is 1.67 bits per heavy atom. The zero-order valence-electron chi connectivity index (χ0n) is 24.6. The minimum absolute atomic E-state index is 0.0884. The van der Waals surface area contributed by atoms with Crippen LogP contribution in [0.25, 0.3) is 10.8 Å². The van der Waals surface area contributed by atoms with E-state index in [-0.39, 0.29) is 28.2 Å². The maximum atomic E-state index is 14.5. The molecule has 2 aliphatic carbocycles. The first-order chi connectivity index (χ1) is 19.4. The lowest BCUT2D eigenvalue weighted by atomic mass is 9.65. The molecule has 2 aromatic carbocycles. The minimum atomic E-state index is -4.69. The Morgan fingerprint density at radius 1 is 1.02 bits per heavy atom. The highest BCUT2D eigenvalue weighted by Gasteiger charge is 2.41. The van der Waals surface area contributed by atoms with Crippen molar-refractivity contribution in [2.45, 2.75) is 109 Å². The number of halogens is 3. The summed E-state index contributed by atoms with van der Waals surface area (Å²) in [6.45, 7) is 5.39. The van der Waals surface area contributed by atoms with Gasteiger partial charge in [0.25, 0.3) is 0 Å². The molecular formula is C30H41F3NO7P. The van der Waals surface area contributed by atoms with E-state index in [0.29, 0.717) is 5.41 Å². The molecule has 2 aliphatic rings. The van der Waals surface area contributed by atoms with Gasteiger partial charge in [-0.3, -0.25) is 9.05 Å². The van der Waals surface area contributed by atoms with Gasteiger partial charge in [0.2, 0.25) is 0 Å². The van der Waals surface area contributed by atoms with Crippen molar-refractivity contribution in [2.24, 2.45) is 11.1 Å². The molecule has 2 atom stereocenters. The molecule has 1 amide bonds. The number of primary amides is 1. The van der Waals surface area contributed by atoms with Crippen LogP contribution in [-0.2, 0) is 30.1 Å². The van der Waals surface area contributed by atoms with Crippen molar-refractivity contribution in [2.75, 3.05) is 6.61 Å². The molecule has 234 valence electrons. The van der Waals surface area contributed by atoms with Gasteiger partial charge in [-0.15, -0.1) is 0 Å². The molecule has 0 aliphatic heterocycles. The number of carbonyl (C=O) groups is 1. The summed E-state index contributed by atoms with van der Waals surface area (Å²) in [4.78, 5) is 21.9. The van der Waals surface area contributed by atoms with E-state index in [2.05, 4.69) is 0 Å². The van der Waals surface area contributed by atoms with Gasteiger partial charge in [-0.1, -0.05) is 37.5 Å². The molecule has 0 bridgehead atoms. The average molecular weight is 616 g/mol. The number of amides is 1. The minimum Gasteiger partial charge on any atom is -0.490 e. The molecule has 3 N–H and O–H groups in total. The molecule has 1 unspecified atom stereocenters. The number of benzene rings is 2. The molecule has 2 saturated carbocycles. The van der Waals surface area contributed by atoms with Crippen LogP contribution < -0.4 is 10.5 Å². The van der Waals surface area contributed by atoms with Crippen LogP contribution in [0.2, 0.25) is 0 Å². The first-order valence-corrected chi connectivity index (χ1v) is 15.9. The predicted octanol–water partition coefficient (Wildman–Crippen LogP) is 8.37. The van der Waals surface area contributed by atoms with E-state index in [1.54, 1.807) is 20.8 Å². The number of ether oxygens (including phenoxy) is 2. The summed E-state index contributed by atoms with van der Waals surface area (Å²) in [6.07, 6.45) is 3.28. The average Bonchev–Trinajstić information content (AvgIpc) is 2.87. The Kier molecular flexibility index (Phi) is 9.30. The lowest BCUT2D eigenvalue weighted by Crippen LogP contribution is -2.36. The Hall–Kier alpha value is -2.33. The SMILES string of the molecule is CC(C)(C)OP(=O)(O)OC[C@](C)(OC(N)=O)c1ccc2c(C(F)(F)F)c(OC3CCC4(CCCCC4)CC3)ccc2c1. The number of alkyl halides is 3. The quantitative estimate of drug-likeness (QED) is 0.287. The van der Waals surface area contributed by atoms with Crippen molar-refractivity contribution in [3.05, 3.63) is 41.5 Å². The lowest BCUT2D eigenvalue weighted by Gasteiger charge is -2.43. The zero-order chi connectivity index (χ0) is 31.0. The van der Waals surface area contributed by atoms with Crippen LogP contribution in [0.1, 0.15) is 96.6 Å². The third-order valence-corrected chi connectivity index (χ3v) is 9.53. The third kappa shape index (κ3) is 7.98. The summed E-state index contributed by atoms with van der Waals surface area (Å²) in [5.74, 6) is -0.215. The van der Waals surface area contributed by atoms with Crippen LogP contribution in [0.5, 0.6) is 5.75 Å². The van der Waals surface area contributed by atoms with E-state index >= 15 is 0 Å². The number of phosphoric acid groups is 1. The number of phosphoric ester groups is 1. The fraction of sp³-hybridized carbons (Fsp3) is 0.633. The van der Waals surface area contributed by atoms with Gasteiger partial charge in [-0.05, 0) is 100 Å². The molecule has 4 rings (SSSR count). The van der Waals surface area contributed by atoms with E-state index < -0.39 is 43.5 Å². The second kappa shape index (κ2) is 12.0. The van der Waals surface area contributed by atoms with Crippen molar-refractivity contribution in [3.63, 3.8) is 0 Å². The maximum absolute atomic E-state index is 14.5. The number of fused-ring (bicyclic) bond motifs is 1. The molecule has 8 nitrogen and oxygen atoms in total. The van der Waals surface area contributed by atoms with Crippen molar-refractivity contribution < 1.29 is 45.9 Å². The van der Waals surface area contributed by atoms with Crippen LogP contribution in [0.3, 0.4) is 0 Å². The third-order valence-electron chi connectivity index (χ3n) is 8.30. The maximum Gasteiger partial charge on any atom is 0.472 e. The molecule has 0 saturated heterocycles. The monoisotopic (exact) mass is 615 g/mol. The summed E-state index contributed by atoms with van der Waals surface area (Å²) in [6, 6.07) is 6.85. The highest BCUT2D eigenvalue weighted by molar-refractivity contribution is 7.47. The topological polar surface area (TPSA) is 117 Å². The fourth-order valence-electron chi connectivity index (χ4n) is 6.30. The summed E-state index contributed by atoms with van der Waals surface area (Å²) in [5.41, 5.74) is 2.17. The van der Waals surface area contributed by atoms with Gasteiger partial charge in [0.1, 0.15) is 17.9 Å². The van der Waals surface area contributed by atoms with Crippen molar-refractivity contribution in [1.82, 2.24) is 0 Å². The Bertz CT molecular complexity index is 1330. The second-order valence-electron chi connectivity index (χ2n) is 12.8. The number of nitrogens with two attached hydrogens (primary N) is 1. The Labute approximate surface area is 244 Å². The number of carbonyl (C=O) groups excluding carboxylic acids is 1. The summed E-state index contributed by atoms with van der Waals surface area (Å²) < 4.78 is 77.3. The van der Waals surface area contributed by atoms with Crippen LogP contribution >= 0.6 is 7.82 Å². The van der Waals surface area contributed by atoms with Gasteiger partial charge in [0.05, 0.1) is 11.7 Å². The Balaban J connectivity index is 1.61. The normalized spacial score (nSPS) is 21.0. The van der Waals surface area contributed by atoms with Crippen molar-refractivity contribution in [3.8, 4) is 5.75 Å². The first-order valence-electron chi connectivity index (χ1n) is 14.4. The van der Waals surface area contributed by atoms with Crippen LogP contribution in [0.4, 0.5) is 18.0 Å². The van der Waals surface area contributed by atoms with E-state index in [1.807, 2.05) is 0 Å². The summed E-state index contributed by atoms with van der Waals surface area (Å²) >= 11 is 0. The van der Waals surface area contributed by atoms with Gasteiger partial charge in [-0.2, -0.15) is 13.2 Å². The van der Waals surface area contributed by atoms with E-state index in [4.69, 9.17) is 24.3 Å². The zero-order valence-corrected chi connectivity index (χ0v) is 25.5. The highest BCUT2D eigenvalue weighted by Crippen LogP contribution is 2.50. The van der Waals surface area contributed by atoms with Gasteiger partial charge in [0.15, 0.2) is 5.60 Å². The van der Waals surface area contributed by atoms with Crippen LogP contribution in [0.15, 0.2) is 30.3 Å². The van der Waals surface area contributed by atoms with Gasteiger partial charge in [0, 0.05) is 0 Å². The van der Waals surface area contributed by atoms with Gasteiger partial charge < -0.3 is 20.1 Å². The molecule has 0 aromatic heterocycles. The first kappa shape index (κ1) is 32.6. The van der Waals surface area contributed by atoms with Crippen molar-refractivity contribution in [1.29, 1.82) is 0 Å². The molecule has 1 spiro atoms. The largest absolute Gasteiger partial charge is 0.490 e. The molecule has 2 aromatic rings. The fourth-order valence-corrected chi connectivity index (χ4v) is 7.46. The number of hydrogen-bond acceptors (Lipinski definition) is 6. The summed E-state index contributed by atoms with van der Waals surface area (Å²) in [5, 5.41) is 0.115. The standard InChI is InChI=1S/C30H41F3NO7P/c1-27(2,3)41-42(36,37)38-19-28(4,40-26(34)35)21-9-10-23-20(18-21)8-11-24(25(23)30(31,32)33)39-22-12-16-29(17-13-22)14-6-5-7-15-29/h8-11,18,22H,5-7,12-17,19H2,1-4H3,(H2,34,35)(H,36,37)/t28-/m0/s1. The summed E-state index contributed by atoms with van der Waals surface area (Å²) in [7, 11) is -4.59.